The number of furan rings is 1. The van der Waals surface area contributed by atoms with E-state index in [1.807, 2.05) is 85.3 Å². The molecule has 0 aliphatic heterocycles. The number of rotatable bonds is 10. The van der Waals surface area contributed by atoms with E-state index in [4.69, 9.17) is 14.3 Å². The van der Waals surface area contributed by atoms with E-state index in [0.717, 1.165) is 45.3 Å². The molecule has 4 rings (SSSR count). The van der Waals surface area contributed by atoms with Crippen LogP contribution in [0.25, 0.3) is 17.0 Å². The van der Waals surface area contributed by atoms with Gasteiger partial charge in [-0.05, 0) is 68.8 Å². The van der Waals surface area contributed by atoms with Crippen molar-refractivity contribution < 1.29 is 19.1 Å². The van der Waals surface area contributed by atoms with Gasteiger partial charge < -0.3 is 14.3 Å². The number of allylic oxidation sites excluding steroid dienone is 1. The maximum Gasteiger partial charge on any atom is 0.303 e. The number of carbonyl (C=O) groups is 1. The predicted octanol–water partition coefficient (Wildman–Crippen LogP) is 5.62. The summed E-state index contributed by atoms with van der Waals surface area (Å²) < 4.78 is 13.4. The second-order valence-electron chi connectivity index (χ2n) is 8.10. The lowest BCUT2D eigenvalue weighted by Gasteiger charge is -2.12. The second kappa shape index (κ2) is 10.7. The van der Waals surface area contributed by atoms with E-state index in [2.05, 4.69) is 10.3 Å². The molecule has 4 aromatic rings. The molecule has 0 aliphatic carbocycles. The molecular formula is C27H27N3O4. The molecule has 2 heterocycles. The van der Waals surface area contributed by atoms with Crippen LogP contribution in [0.1, 0.15) is 36.7 Å². The lowest BCUT2D eigenvalue weighted by Crippen LogP contribution is -2.06. The number of hydrogen-bond donors (Lipinski definition) is 1. The standard InChI is InChI=1S/C27H27N3O4/c1-19(9-14-27(31)32)15-17-34-26-7-4-3-6-22(26)18-24-20(2)28-29-30(24)23-12-10-21(11-13-23)25-8-5-16-33-25/h3-8,10-13,15-16H,9,14,17-18H2,1-2H3,(H,31,32)/b19-15+. The number of aryl methyl sites for hydroxylation is 1. The molecule has 2 aromatic heterocycles. The van der Waals surface area contributed by atoms with Crippen LogP contribution in [0.5, 0.6) is 5.75 Å². The Morgan fingerprint density at radius 2 is 1.88 bits per heavy atom. The molecule has 7 heteroatoms. The Labute approximate surface area is 198 Å². The summed E-state index contributed by atoms with van der Waals surface area (Å²) in [6.07, 6.45) is 4.84. The number of benzene rings is 2. The van der Waals surface area contributed by atoms with Gasteiger partial charge in [0.25, 0.3) is 0 Å². The molecule has 0 bridgehead atoms. The quantitative estimate of drug-likeness (QED) is 0.311. The van der Waals surface area contributed by atoms with Crippen molar-refractivity contribution in [3.05, 3.63) is 95.5 Å². The van der Waals surface area contributed by atoms with Crippen molar-refractivity contribution in [3.63, 3.8) is 0 Å². The van der Waals surface area contributed by atoms with Crippen LogP contribution in [0, 0.1) is 6.92 Å². The van der Waals surface area contributed by atoms with Crippen molar-refractivity contribution in [2.24, 2.45) is 0 Å². The highest BCUT2D eigenvalue weighted by Gasteiger charge is 2.15. The Kier molecular flexibility index (Phi) is 7.22. The summed E-state index contributed by atoms with van der Waals surface area (Å²) in [4.78, 5) is 10.7. The topological polar surface area (TPSA) is 90.4 Å². The number of para-hydroxylation sites is 1. The van der Waals surface area contributed by atoms with Gasteiger partial charge in [-0.15, -0.1) is 5.10 Å². The highest BCUT2D eigenvalue weighted by Crippen LogP contribution is 2.26. The zero-order valence-electron chi connectivity index (χ0n) is 19.3. The average molecular weight is 458 g/mol. The van der Waals surface area contributed by atoms with Gasteiger partial charge in [0.15, 0.2) is 0 Å². The summed E-state index contributed by atoms with van der Waals surface area (Å²) in [6, 6.07) is 19.7. The van der Waals surface area contributed by atoms with Crippen molar-refractivity contribution in [2.45, 2.75) is 33.1 Å². The molecule has 0 fully saturated rings. The van der Waals surface area contributed by atoms with Crippen molar-refractivity contribution in [2.75, 3.05) is 6.61 Å². The Morgan fingerprint density at radius 3 is 2.62 bits per heavy atom. The van der Waals surface area contributed by atoms with Crippen LogP contribution < -0.4 is 4.74 Å². The molecule has 0 unspecified atom stereocenters. The van der Waals surface area contributed by atoms with Crippen LogP contribution in [0.3, 0.4) is 0 Å². The lowest BCUT2D eigenvalue weighted by atomic mass is 10.1. The van der Waals surface area contributed by atoms with Crippen LogP contribution in [0.4, 0.5) is 0 Å². The van der Waals surface area contributed by atoms with E-state index >= 15 is 0 Å². The van der Waals surface area contributed by atoms with E-state index in [1.165, 1.54) is 0 Å². The monoisotopic (exact) mass is 457 g/mol. The third-order valence-corrected chi connectivity index (χ3v) is 5.61. The van der Waals surface area contributed by atoms with E-state index in [1.54, 1.807) is 6.26 Å². The number of hydrogen-bond acceptors (Lipinski definition) is 5. The number of nitrogens with zero attached hydrogens (tertiary/aromatic N) is 3. The summed E-state index contributed by atoms with van der Waals surface area (Å²) in [6.45, 7) is 4.25. The smallest absolute Gasteiger partial charge is 0.303 e. The van der Waals surface area contributed by atoms with Gasteiger partial charge in [-0.2, -0.15) is 0 Å². The first-order valence-corrected chi connectivity index (χ1v) is 11.1. The molecular weight excluding hydrogens is 430 g/mol. The van der Waals surface area contributed by atoms with Gasteiger partial charge in [-0.3, -0.25) is 4.79 Å². The fourth-order valence-corrected chi connectivity index (χ4v) is 3.65. The van der Waals surface area contributed by atoms with Crippen LogP contribution in [0.2, 0.25) is 0 Å². The van der Waals surface area contributed by atoms with Gasteiger partial charge in [0, 0.05) is 24.0 Å². The van der Waals surface area contributed by atoms with Gasteiger partial charge in [-0.25, -0.2) is 4.68 Å². The zero-order valence-corrected chi connectivity index (χ0v) is 19.3. The molecule has 0 radical (unpaired) electrons. The first-order chi connectivity index (χ1) is 16.5. The van der Waals surface area contributed by atoms with Gasteiger partial charge >= 0.3 is 5.97 Å². The molecule has 1 N–H and O–H groups in total. The maximum absolute atomic E-state index is 10.7. The van der Waals surface area contributed by atoms with E-state index < -0.39 is 5.97 Å². The fraction of sp³-hybridized carbons (Fsp3) is 0.222. The van der Waals surface area contributed by atoms with Gasteiger partial charge in [-0.1, -0.05) is 29.0 Å². The van der Waals surface area contributed by atoms with Crippen LogP contribution in [0.15, 0.2) is 83.0 Å². The molecule has 0 spiro atoms. The Morgan fingerprint density at radius 1 is 1.09 bits per heavy atom. The Balaban J connectivity index is 1.50. The normalized spacial score (nSPS) is 11.5. The maximum atomic E-state index is 10.7. The van der Waals surface area contributed by atoms with Gasteiger partial charge in [0.05, 0.1) is 23.3 Å². The first-order valence-electron chi connectivity index (χ1n) is 11.1. The van der Waals surface area contributed by atoms with E-state index in [0.29, 0.717) is 19.4 Å². The van der Waals surface area contributed by atoms with Crippen LogP contribution >= 0.6 is 0 Å². The highest BCUT2D eigenvalue weighted by atomic mass is 16.5. The molecule has 34 heavy (non-hydrogen) atoms. The molecule has 2 aromatic carbocycles. The summed E-state index contributed by atoms with van der Waals surface area (Å²) in [5, 5.41) is 17.5. The molecule has 0 saturated carbocycles. The number of aromatic nitrogens is 3. The minimum absolute atomic E-state index is 0.123. The minimum atomic E-state index is -0.796. The molecule has 174 valence electrons. The Hall–Kier alpha value is -4.13. The fourth-order valence-electron chi connectivity index (χ4n) is 3.65. The first kappa shape index (κ1) is 23.0. The summed E-state index contributed by atoms with van der Waals surface area (Å²) in [5.74, 6) is 0.806. The summed E-state index contributed by atoms with van der Waals surface area (Å²) in [7, 11) is 0. The van der Waals surface area contributed by atoms with Crippen molar-refractivity contribution in [1.29, 1.82) is 0 Å². The number of carboxylic acid groups (broad SMARTS) is 1. The van der Waals surface area contributed by atoms with E-state index in [-0.39, 0.29) is 6.42 Å². The average Bonchev–Trinajstić information content (AvgIpc) is 3.50. The zero-order chi connectivity index (χ0) is 23.9. The highest BCUT2D eigenvalue weighted by molar-refractivity contribution is 5.67. The Bertz CT molecular complexity index is 1270. The molecule has 0 atom stereocenters. The largest absolute Gasteiger partial charge is 0.489 e. The summed E-state index contributed by atoms with van der Waals surface area (Å²) >= 11 is 0. The molecule has 0 amide bonds. The summed E-state index contributed by atoms with van der Waals surface area (Å²) in [5.41, 5.74) is 5.78. The third-order valence-electron chi connectivity index (χ3n) is 5.61. The van der Waals surface area contributed by atoms with Gasteiger partial charge in [0.1, 0.15) is 18.1 Å². The molecule has 7 nitrogen and oxygen atoms in total. The second-order valence-corrected chi connectivity index (χ2v) is 8.10. The van der Waals surface area contributed by atoms with Crippen molar-refractivity contribution >= 4 is 5.97 Å². The predicted molar refractivity (Wildman–Crippen MR) is 129 cm³/mol. The number of aliphatic carboxylic acids is 1. The molecule has 0 aliphatic rings. The SMILES string of the molecule is C/C(=C\COc1ccccc1Cc1c(C)nnn1-c1ccc(-c2ccco2)cc1)CCC(=O)O. The van der Waals surface area contributed by atoms with Gasteiger partial charge in [0.2, 0.25) is 0 Å². The van der Waals surface area contributed by atoms with Crippen LogP contribution in [-0.2, 0) is 11.2 Å². The minimum Gasteiger partial charge on any atom is -0.489 e. The lowest BCUT2D eigenvalue weighted by molar-refractivity contribution is -0.136. The molecule has 0 saturated heterocycles. The number of ether oxygens (including phenoxy) is 1. The third kappa shape index (κ3) is 5.61. The van der Waals surface area contributed by atoms with E-state index in [9.17, 15) is 4.79 Å². The van der Waals surface area contributed by atoms with Crippen molar-refractivity contribution in [1.82, 2.24) is 15.0 Å². The van der Waals surface area contributed by atoms with Crippen LogP contribution in [-0.4, -0.2) is 32.7 Å². The number of carboxylic acids is 1. The van der Waals surface area contributed by atoms with Crippen molar-refractivity contribution in [3.8, 4) is 22.8 Å².